The van der Waals surface area contributed by atoms with Crippen molar-refractivity contribution in [3.8, 4) is 12.3 Å². The lowest BCUT2D eigenvalue weighted by atomic mass is 9.66. The number of ether oxygens (including phenoxy) is 10. The Hall–Kier alpha value is -8.87. The number of amides is 1. The van der Waals surface area contributed by atoms with E-state index in [1.54, 1.807) is 154 Å². The molecule has 0 bridgehead atoms. The number of carbonyl (C=O) groups excluding carboxylic acids is 8. The van der Waals surface area contributed by atoms with Gasteiger partial charge in [-0.2, -0.15) is 0 Å². The van der Waals surface area contributed by atoms with Gasteiger partial charge in [0.2, 0.25) is 0 Å². The molecule has 29 atom stereocenters. The molecule has 5 aromatic rings. The highest BCUT2D eigenvalue weighted by Gasteiger charge is 2.64. The third kappa shape index (κ3) is 21.7. The van der Waals surface area contributed by atoms with E-state index < -0.39 is 209 Å². The van der Waals surface area contributed by atoms with Crippen LogP contribution in [0.1, 0.15) is 174 Å². The lowest BCUT2D eigenvalue weighted by Crippen LogP contribution is -2.64. The summed E-state index contributed by atoms with van der Waals surface area (Å²) in [5, 5.41) is 73.0. The molecule has 11 rings (SSSR count). The molecule has 6 fully saturated rings. The van der Waals surface area contributed by atoms with Crippen molar-refractivity contribution < 1.29 is 106 Å². The first-order valence-electron chi connectivity index (χ1n) is 43.9. The van der Waals surface area contributed by atoms with Gasteiger partial charge in [0, 0.05) is 80.2 Å². The summed E-state index contributed by atoms with van der Waals surface area (Å²) in [4.78, 5) is 121. The Morgan fingerprint density at radius 1 is 0.579 bits per heavy atom. The number of aliphatic hydroxyl groups is 4. The number of esters is 3. The normalized spacial score (nSPS) is 36.3. The van der Waals surface area contributed by atoms with Crippen LogP contribution in [0.15, 0.2) is 59.8 Å². The Morgan fingerprint density at radius 3 is 1.52 bits per heavy atom. The number of ketones is 4. The Labute approximate surface area is 737 Å². The number of unbranched alkanes of at least 4 members (excludes halogenated alkanes) is 2. The van der Waals surface area contributed by atoms with Gasteiger partial charge in [0.05, 0.1) is 95.6 Å². The van der Waals surface area contributed by atoms with Crippen LogP contribution in [0, 0.1) is 71.5 Å². The van der Waals surface area contributed by atoms with Crippen molar-refractivity contribution in [2.45, 2.75) is 302 Å². The monoisotopic (exact) mass is 1760 g/mol. The maximum absolute atomic E-state index is 14.8. The Morgan fingerprint density at radius 2 is 1.05 bits per heavy atom. The minimum atomic E-state index is -1.45. The first-order valence-corrected chi connectivity index (χ1v) is 43.9. The molecule has 0 spiro atoms. The van der Waals surface area contributed by atoms with Gasteiger partial charge in [0.15, 0.2) is 35.3 Å². The van der Waals surface area contributed by atoms with Crippen LogP contribution in [0.4, 0.5) is 4.79 Å². The average molecular weight is 1770 g/mol. The third-order valence-electron chi connectivity index (χ3n) is 27.0. The largest absolute Gasteiger partial charge is 0.458 e. The van der Waals surface area contributed by atoms with Crippen LogP contribution in [0.3, 0.4) is 0 Å². The minimum absolute atomic E-state index is 0.0639. The quantitative estimate of drug-likeness (QED) is 0.00711. The number of hydrogen-bond acceptors (Lipinski definition) is 31. The lowest BCUT2D eigenvalue weighted by Gasteiger charge is -2.48. The number of nitrogens with zero attached hydrogens (tertiary/aromatic N) is 15. The molecule has 4 N–H and O–H groups in total. The number of Topliss-reactive ketones (excluding diaryl/α,β-unsaturated/α-hetero) is 4. The summed E-state index contributed by atoms with van der Waals surface area (Å²) in [5.41, 5.74) is 7.43. The number of hydrogen-bond donors (Lipinski definition) is 4. The second kappa shape index (κ2) is 43.0. The molecular formula is C89H133N15O22. The standard InChI is InChI=1S/C44H66N8O11.C36H60N4O11.C9H7N3/c1-12-32-44(8)38(51(42(58)63-44)20-16-15-19-50-22-29(45-47-50)23-52-31-18-14-13-17-30(31)46-48-52)25(3)34(53)24(2)21-43(7,59-11)39(26(4)35(54)27(5)40(57)61-32)62-41-37(56)33(49(9)10)36(55)28(6)60-41;1-12-24-36(8)25(23(33(46)51-36)15-13-14-16-38-39-37)19(3)27(41)18(2)17-35(7,47-11)31(20(4)28(42)21(5)32(45)49-24)50-34-30(44)26(40(9)10)29(43)22(6)48-34;1-2-7-12-9-6-4-3-5-8(9)10-11-12/h13-14,17-18,22,24-28,32-33,36-39,41,55-56H,12,15-16,19-21,23H2,1-11H3;18-26,29-31,34,43-44H,12-17H2,1-11H3;1,3-6H,7H2/t24-,25+,26+,27-,28?,32-,33?,36?,37?,38-,39-,41?,43+,44-;18-,19-,20+,21-,22?,23?,24-,25+,26?,29?,30?,31-,34?,35+,36-;/m11./s1. The highest BCUT2D eigenvalue weighted by molar-refractivity contribution is 6.01. The van der Waals surface area contributed by atoms with Crippen LogP contribution in [-0.2, 0) is 101 Å². The van der Waals surface area contributed by atoms with Crippen molar-refractivity contribution in [1.82, 2.24) is 59.7 Å². The van der Waals surface area contributed by atoms with E-state index in [-0.39, 0.29) is 50.3 Å². The van der Waals surface area contributed by atoms with Crippen LogP contribution in [0.25, 0.3) is 32.5 Å². The molecule has 6 aliphatic rings. The lowest BCUT2D eigenvalue weighted by molar-refractivity contribution is -0.313. The van der Waals surface area contributed by atoms with E-state index in [0.717, 1.165) is 22.1 Å². The number of cyclic esters (lactones) is 2. The molecule has 6 aliphatic heterocycles. The van der Waals surface area contributed by atoms with Crippen LogP contribution < -0.4 is 0 Å². The van der Waals surface area contributed by atoms with Gasteiger partial charge in [-0.25, -0.2) is 14.2 Å². The van der Waals surface area contributed by atoms with E-state index >= 15 is 0 Å². The average Bonchev–Trinajstić information content (AvgIpc) is 1.65. The van der Waals surface area contributed by atoms with Crippen molar-refractivity contribution in [1.29, 1.82) is 0 Å². The number of aryl methyl sites for hydroxylation is 1. The van der Waals surface area contributed by atoms with Crippen molar-refractivity contribution in [3.63, 3.8) is 0 Å². The molecule has 1 amide bonds. The third-order valence-corrected chi connectivity index (χ3v) is 27.0. The Balaban J connectivity index is 0.000000255. The fourth-order valence-electron chi connectivity index (χ4n) is 19.9. The molecule has 0 radical (unpaired) electrons. The van der Waals surface area contributed by atoms with Gasteiger partial charge in [-0.05, 0) is 165 Å². The van der Waals surface area contributed by atoms with Crippen LogP contribution in [0.5, 0.6) is 0 Å². The molecule has 11 unspecified atom stereocenters. The van der Waals surface area contributed by atoms with E-state index in [1.165, 1.54) is 28.1 Å². The Kier molecular flexibility index (Phi) is 34.5. The molecule has 6 saturated heterocycles. The first-order chi connectivity index (χ1) is 59.5. The van der Waals surface area contributed by atoms with Crippen molar-refractivity contribution in [3.05, 3.63) is 70.9 Å². The number of terminal acetylenes is 1. The number of methoxy groups -OCH3 is 2. The zero-order valence-corrected chi connectivity index (χ0v) is 77.0. The maximum Gasteiger partial charge on any atom is 0.410 e. The van der Waals surface area contributed by atoms with Crippen LogP contribution >= 0.6 is 0 Å². The van der Waals surface area contributed by atoms with Gasteiger partial charge in [-0.3, -0.25) is 38.2 Å². The number of azide groups is 1. The summed E-state index contributed by atoms with van der Waals surface area (Å²) < 4.78 is 66.9. The molecule has 2 aromatic carbocycles. The number of aliphatic hydroxyl groups excluding tert-OH is 4. The summed E-state index contributed by atoms with van der Waals surface area (Å²) in [5.74, 6) is -9.86. The van der Waals surface area contributed by atoms with Crippen molar-refractivity contribution in [2.24, 2.45) is 64.3 Å². The van der Waals surface area contributed by atoms with Gasteiger partial charge in [-0.1, -0.05) is 113 Å². The Bertz CT molecular complexity index is 4670. The predicted octanol–water partition coefficient (Wildman–Crippen LogP) is 7.70. The molecule has 37 nitrogen and oxygen atoms in total. The van der Waals surface area contributed by atoms with E-state index in [9.17, 15) is 58.8 Å². The molecule has 0 aliphatic carbocycles. The minimum Gasteiger partial charge on any atom is -0.458 e. The van der Waals surface area contributed by atoms with Crippen LogP contribution in [0.2, 0.25) is 0 Å². The number of carbonyl (C=O) groups is 8. The van der Waals surface area contributed by atoms with E-state index in [0.29, 0.717) is 57.4 Å². The number of para-hydroxylation sites is 2. The number of benzene rings is 2. The zero-order valence-electron chi connectivity index (χ0n) is 77.0. The highest BCUT2D eigenvalue weighted by atomic mass is 16.7. The highest BCUT2D eigenvalue weighted by Crippen LogP contribution is 2.51. The van der Waals surface area contributed by atoms with E-state index in [4.69, 9.17) is 59.3 Å². The van der Waals surface area contributed by atoms with Gasteiger partial charge in [-0.15, -0.1) is 21.7 Å². The second-order valence-electron chi connectivity index (χ2n) is 36.3. The van der Waals surface area contributed by atoms with E-state index in [2.05, 4.69) is 46.9 Å². The second-order valence-corrected chi connectivity index (χ2v) is 36.3. The molecule has 3 aromatic heterocycles. The first kappa shape index (κ1) is 101. The molecule has 126 heavy (non-hydrogen) atoms. The van der Waals surface area contributed by atoms with Crippen molar-refractivity contribution in [2.75, 3.05) is 55.5 Å². The number of aromatic nitrogens is 9. The number of likely N-dealkylation sites (N-methyl/N-ethyl adjacent to an activating group) is 2. The zero-order chi connectivity index (χ0) is 93.1. The van der Waals surface area contributed by atoms with Gasteiger partial charge < -0.3 is 82.5 Å². The molecule has 37 heteroatoms. The molecule has 0 saturated carbocycles. The SMILES string of the molecule is C#CCn1nnc2ccccc21.CC[C@H]1OC(=O)[C@H](C)C(=O)[C@H](C)[C@@H](OC2OC(C)C(O)C(N(C)C)C2O)[C@@](C)(OC)C[C@@H](C)C(=O)[C@H](C)[C@H]2C(CCCCN=[N+]=[N-])C(=O)O[C@@]21C.CC[C@H]1OC(=O)[C@H](C)C(=O)[C@H](C)[C@@H](OC2OC(C)C(O)C(N(C)C)C2O)[C@@](C)(OC)C[C@@H](C)C(=O)[C@H](C)[C@H]2N(CCCCn3cc(Cn4nnc5ccccc54)nn3)C(=O)O[C@]12C. The fourth-order valence-corrected chi connectivity index (χ4v) is 19.9. The summed E-state index contributed by atoms with van der Waals surface area (Å²) in [6.45, 7) is 28.8. The molecule has 696 valence electrons. The topological polar surface area (TPSA) is 460 Å². The fraction of sp³-hybridized carbons (Fsp3) is 0.730. The summed E-state index contributed by atoms with van der Waals surface area (Å²) in [6, 6.07) is 13.0. The van der Waals surface area contributed by atoms with E-state index in [1.807, 2.05) is 54.7 Å². The summed E-state index contributed by atoms with van der Waals surface area (Å²) >= 11 is 0. The van der Waals surface area contributed by atoms with Gasteiger partial charge >= 0.3 is 24.0 Å². The summed E-state index contributed by atoms with van der Waals surface area (Å²) in [6.07, 6.45) is -3.40. The van der Waals surface area contributed by atoms with Gasteiger partial charge in [0.1, 0.15) is 71.1 Å². The van der Waals surface area contributed by atoms with Gasteiger partial charge in [0.25, 0.3) is 0 Å². The van der Waals surface area contributed by atoms with Crippen LogP contribution in [-0.4, -0.2) is 297 Å². The molecular weight excluding hydrogens is 1630 g/mol. The smallest absolute Gasteiger partial charge is 0.410 e. The number of fused-ring (bicyclic) bond motifs is 4. The molecule has 9 heterocycles. The number of rotatable bonds is 23. The van der Waals surface area contributed by atoms with Crippen molar-refractivity contribution >= 4 is 69.2 Å². The summed E-state index contributed by atoms with van der Waals surface area (Å²) in [7, 11) is 9.77. The maximum atomic E-state index is 14.8. The predicted molar refractivity (Wildman–Crippen MR) is 458 cm³/mol.